The first kappa shape index (κ1) is 15.6. The molecule has 0 saturated carbocycles. The number of nitrogens with zero attached hydrogens (tertiary/aromatic N) is 5. The van der Waals surface area contributed by atoms with Gasteiger partial charge in [-0.2, -0.15) is 15.4 Å². The number of rotatable bonds is 3. The SMILES string of the molecule is Cn1c(CN2CCC[C@](O)(c3cn[nH]n3)C2)nc2cc(Cl)ccc21. The van der Waals surface area contributed by atoms with E-state index in [1.807, 2.05) is 25.2 Å². The number of hydrogen-bond acceptors (Lipinski definition) is 5. The highest BCUT2D eigenvalue weighted by Crippen LogP contribution is 2.30. The molecule has 0 bridgehead atoms. The number of β-amino-alcohol motifs (C(OH)–C–C–N with tert-alkyl or cyclic N) is 1. The molecule has 4 rings (SSSR count). The van der Waals surface area contributed by atoms with E-state index in [0.717, 1.165) is 29.8 Å². The summed E-state index contributed by atoms with van der Waals surface area (Å²) in [5.41, 5.74) is 1.59. The summed E-state index contributed by atoms with van der Waals surface area (Å²) in [4.78, 5) is 6.91. The van der Waals surface area contributed by atoms with E-state index in [9.17, 15) is 5.11 Å². The molecule has 1 fully saturated rings. The van der Waals surface area contributed by atoms with Gasteiger partial charge in [0.2, 0.25) is 0 Å². The van der Waals surface area contributed by atoms with Crippen LogP contribution >= 0.6 is 11.6 Å². The molecule has 0 amide bonds. The molecule has 1 aromatic carbocycles. The molecule has 8 heteroatoms. The lowest BCUT2D eigenvalue weighted by Gasteiger charge is -2.37. The molecule has 1 aliphatic rings. The van der Waals surface area contributed by atoms with Crippen LogP contribution in [0.2, 0.25) is 5.02 Å². The number of hydrogen-bond donors (Lipinski definition) is 2. The quantitative estimate of drug-likeness (QED) is 0.756. The normalized spacial score (nSPS) is 22.3. The smallest absolute Gasteiger partial charge is 0.123 e. The summed E-state index contributed by atoms with van der Waals surface area (Å²) in [6, 6.07) is 5.73. The van der Waals surface area contributed by atoms with Crippen molar-refractivity contribution < 1.29 is 5.11 Å². The Hall–Kier alpha value is -1.96. The number of fused-ring (bicyclic) bond motifs is 1. The number of aromatic nitrogens is 5. The zero-order valence-electron chi connectivity index (χ0n) is 13.4. The van der Waals surface area contributed by atoms with Crippen molar-refractivity contribution in [2.75, 3.05) is 13.1 Å². The third-order valence-corrected chi connectivity index (χ3v) is 4.98. The maximum absolute atomic E-state index is 10.9. The van der Waals surface area contributed by atoms with Crippen LogP contribution in [0.15, 0.2) is 24.4 Å². The van der Waals surface area contributed by atoms with Gasteiger partial charge in [-0.3, -0.25) is 4.90 Å². The number of imidazole rings is 1. The molecular formula is C16H19ClN6O. The highest BCUT2D eigenvalue weighted by atomic mass is 35.5. The van der Waals surface area contributed by atoms with E-state index in [2.05, 4.69) is 24.9 Å². The van der Waals surface area contributed by atoms with Gasteiger partial charge in [0, 0.05) is 18.6 Å². The Labute approximate surface area is 144 Å². The Balaban J connectivity index is 1.58. The molecule has 0 radical (unpaired) electrons. The molecule has 0 spiro atoms. The van der Waals surface area contributed by atoms with Crippen molar-refractivity contribution in [3.63, 3.8) is 0 Å². The first-order valence-electron chi connectivity index (χ1n) is 7.97. The minimum Gasteiger partial charge on any atom is -0.382 e. The molecule has 0 aliphatic carbocycles. The van der Waals surface area contributed by atoms with Crippen LogP contribution in [-0.4, -0.2) is 48.1 Å². The number of likely N-dealkylation sites (tertiary alicyclic amines) is 1. The Bertz CT molecular complexity index is 861. The molecule has 2 aromatic heterocycles. The van der Waals surface area contributed by atoms with Crippen molar-refractivity contribution >= 4 is 22.6 Å². The molecule has 3 heterocycles. The van der Waals surface area contributed by atoms with E-state index in [1.54, 1.807) is 6.20 Å². The minimum absolute atomic E-state index is 0.517. The monoisotopic (exact) mass is 346 g/mol. The van der Waals surface area contributed by atoms with Gasteiger partial charge in [0.05, 0.1) is 23.8 Å². The summed E-state index contributed by atoms with van der Waals surface area (Å²) in [6.45, 7) is 2.11. The van der Waals surface area contributed by atoms with Gasteiger partial charge in [0.1, 0.15) is 17.1 Å². The first-order chi connectivity index (χ1) is 11.5. The van der Waals surface area contributed by atoms with Gasteiger partial charge in [-0.25, -0.2) is 4.98 Å². The van der Waals surface area contributed by atoms with Gasteiger partial charge < -0.3 is 9.67 Å². The number of nitrogens with one attached hydrogen (secondary N) is 1. The second-order valence-electron chi connectivity index (χ2n) is 6.42. The molecule has 0 unspecified atom stereocenters. The van der Waals surface area contributed by atoms with Gasteiger partial charge in [-0.05, 0) is 37.6 Å². The van der Waals surface area contributed by atoms with E-state index in [0.29, 0.717) is 30.2 Å². The third-order valence-electron chi connectivity index (χ3n) is 4.74. The fourth-order valence-corrected chi connectivity index (χ4v) is 3.62. The molecule has 1 aliphatic heterocycles. The third kappa shape index (κ3) is 2.68. The largest absolute Gasteiger partial charge is 0.382 e. The second kappa shape index (κ2) is 5.84. The van der Waals surface area contributed by atoms with Crippen LogP contribution in [0.25, 0.3) is 11.0 Å². The van der Waals surface area contributed by atoms with E-state index in [1.165, 1.54) is 0 Å². The molecule has 24 heavy (non-hydrogen) atoms. The summed E-state index contributed by atoms with van der Waals surface area (Å²) < 4.78 is 2.08. The molecule has 126 valence electrons. The summed E-state index contributed by atoms with van der Waals surface area (Å²) in [7, 11) is 2.01. The number of aromatic amines is 1. The van der Waals surface area contributed by atoms with Crippen LogP contribution < -0.4 is 0 Å². The van der Waals surface area contributed by atoms with E-state index < -0.39 is 5.60 Å². The number of aliphatic hydroxyl groups is 1. The number of H-pyrrole nitrogens is 1. The topological polar surface area (TPSA) is 82.9 Å². The lowest BCUT2D eigenvalue weighted by atomic mass is 9.90. The molecular weight excluding hydrogens is 328 g/mol. The Morgan fingerprint density at radius 1 is 1.42 bits per heavy atom. The van der Waals surface area contributed by atoms with Crippen molar-refractivity contribution in [3.05, 3.63) is 40.9 Å². The van der Waals surface area contributed by atoms with Crippen molar-refractivity contribution in [1.82, 2.24) is 29.9 Å². The molecule has 3 aromatic rings. The maximum Gasteiger partial charge on any atom is 0.123 e. The second-order valence-corrected chi connectivity index (χ2v) is 6.86. The number of aryl methyl sites for hydroxylation is 1. The number of benzene rings is 1. The summed E-state index contributed by atoms with van der Waals surface area (Å²) in [5, 5.41) is 22.1. The lowest BCUT2D eigenvalue weighted by Crippen LogP contribution is -2.46. The van der Waals surface area contributed by atoms with E-state index >= 15 is 0 Å². The van der Waals surface area contributed by atoms with Gasteiger partial charge in [-0.15, -0.1) is 0 Å². The van der Waals surface area contributed by atoms with Crippen LogP contribution in [0.5, 0.6) is 0 Å². The van der Waals surface area contributed by atoms with Crippen LogP contribution in [-0.2, 0) is 19.2 Å². The average molecular weight is 347 g/mol. The molecule has 1 saturated heterocycles. The fraction of sp³-hybridized carbons (Fsp3) is 0.438. The zero-order chi connectivity index (χ0) is 16.7. The standard InChI is InChI=1S/C16H19ClN6O/c1-22-13-4-3-11(17)7-12(13)19-15(22)9-23-6-2-5-16(24,10-23)14-8-18-21-20-14/h3-4,7-8,24H,2,5-6,9-10H2,1H3,(H,18,20,21)/t16-/m1/s1. The van der Waals surface area contributed by atoms with Crippen LogP contribution in [0, 0.1) is 0 Å². The summed E-state index contributed by atoms with van der Waals surface area (Å²) >= 11 is 6.06. The lowest BCUT2D eigenvalue weighted by molar-refractivity contribution is -0.0421. The van der Waals surface area contributed by atoms with E-state index in [4.69, 9.17) is 16.6 Å². The minimum atomic E-state index is -0.959. The number of halogens is 1. The van der Waals surface area contributed by atoms with Crippen molar-refractivity contribution in [2.45, 2.75) is 25.0 Å². The molecule has 7 nitrogen and oxygen atoms in total. The van der Waals surface area contributed by atoms with E-state index in [-0.39, 0.29) is 0 Å². The average Bonchev–Trinajstić information content (AvgIpc) is 3.17. The van der Waals surface area contributed by atoms with Crippen LogP contribution in [0.4, 0.5) is 0 Å². The predicted molar refractivity (Wildman–Crippen MR) is 90.5 cm³/mol. The Morgan fingerprint density at radius 3 is 3.08 bits per heavy atom. The van der Waals surface area contributed by atoms with Gasteiger partial charge in [-0.1, -0.05) is 11.6 Å². The summed E-state index contributed by atoms with van der Waals surface area (Å²) in [5.74, 6) is 0.955. The van der Waals surface area contributed by atoms with Crippen molar-refractivity contribution in [2.24, 2.45) is 7.05 Å². The number of piperidine rings is 1. The maximum atomic E-state index is 10.9. The Kier molecular flexibility index (Phi) is 3.79. The molecule has 1 atom stereocenters. The fourth-order valence-electron chi connectivity index (χ4n) is 3.46. The molecule has 2 N–H and O–H groups in total. The highest BCUT2D eigenvalue weighted by Gasteiger charge is 2.37. The van der Waals surface area contributed by atoms with Crippen LogP contribution in [0.3, 0.4) is 0 Å². The van der Waals surface area contributed by atoms with Gasteiger partial charge in [0.15, 0.2) is 0 Å². The highest BCUT2D eigenvalue weighted by molar-refractivity contribution is 6.31. The predicted octanol–water partition coefficient (Wildman–Crippen LogP) is 1.83. The van der Waals surface area contributed by atoms with Gasteiger partial charge >= 0.3 is 0 Å². The zero-order valence-corrected chi connectivity index (χ0v) is 14.2. The summed E-state index contributed by atoms with van der Waals surface area (Å²) in [6.07, 6.45) is 3.19. The Morgan fingerprint density at radius 2 is 2.29 bits per heavy atom. The van der Waals surface area contributed by atoms with Crippen molar-refractivity contribution in [1.29, 1.82) is 0 Å². The first-order valence-corrected chi connectivity index (χ1v) is 8.35. The van der Waals surface area contributed by atoms with Crippen LogP contribution in [0.1, 0.15) is 24.4 Å². The van der Waals surface area contributed by atoms with Gasteiger partial charge in [0.25, 0.3) is 0 Å². The van der Waals surface area contributed by atoms with Crippen molar-refractivity contribution in [3.8, 4) is 0 Å².